The molecule has 2 aromatic carbocycles. The predicted octanol–water partition coefficient (Wildman–Crippen LogP) is 2.70. The Morgan fingerprint density at radius 2 is 1.84 bits per heavy atom. The molecule has 0 saturated heterocycles. The van der Waals surface area contributed by atoms with Crippen LogP contribution in [0.2, 0.25) is 0 Å². The van der Waals surface area contributed by atoms with E-state index in [9.17, 15) is 8.42 Å². The molecule has 25 heavy (non-hydrogen) atoms. The van der Waals surface area contributed by atoms with Gasteiger partial charge in [0.25, 0.3) is 10.1 Å². The van der Waals surface area contributed by atoms with Crippen LogP contribution in [0.4, 0.5) is 0 Å². The molecule has 0 radical (unpaired) electrons. The summed E-state index contributed by atoms with van der Waals surface area (Å²) < 4.78 is 40.3. The van der Waals surface area contributed by atoms with Gasteiger partial charge in [-0.3, -0.25) is 4.55 Å². The maximum absolute atomic E-state index is 10.5. The first kappa shape index (κ1) is 19.0. The predicted molar refractivity (Wildman–Crippen MR) is 94.5 cm³/mol. The summed E-state index contributed by atoms with van der Waals surface area (Å²) in [5.41, 5.74) is 1.94. The Hall–Kier alpha value is -2.35. The normalized spacial score (nSPS) is 15.4. The van der Waals surface area contributed by atoms with E-state index in [4.69, 9.17) is 19.1 Å². The zero-order valence-electron chi connectivity index (χ0n) is 13.9. The van der Waals surface area contributed by atoms with Crippen LogP contribution in [0, 0.1) is 6.92 Å². The lowest BCUT2D eigenvalue weighted by atomic mass is 10.1. The molecule has 1 heterocycles. The Morgan fingerprint density at radius 3 is 2.40 bits per heavy atom. The molecule has 2 N–H and O–H groups in total. The number of aliphatic hydroxyl groups is 1. The second-order valence-electron chi connectivity index (χ2n) is 5.36. The largest absolute Gasteiger partial charge is 0.493 e. The van der Waals surface area contributed by atoms with Gasteiger partial charge in [0.1, 0.15) is 6.10 Å². The van der Waals surface area contributed by atoms with Crippen molar-refractivity contribution in [1.29, 1.82) is 0 Å². The average molecular weight is 364 g/mol. The SMILES string of the molecule is COc1cccc2c1OC(CO)C=C2.Cc1ccc(S(=O)(=O)O)cc1. The van der Waals surface area contributed by atoms with Crippen LogP contribution in [0.25, 0.3) is 6.08 Å². The minimum atomic E-state index is -4.02. The number of ether oxygens (including phenoxy) is 2. The van der Waals surface area contributed by atoms with Crippen molar-refractivity contribution < 1.29 is 27.6 Å². The molecular formula is C18H20O6S. The van der Waals surface area contributed by atoms with Crippen molar-refractivity contribution >= 4 is 16.2 Å². The van der Waals surface area contributed by atoms with Crippen molar-refractivity contribution in [3.05, 3.63) is 59.7 Å². The second-order valence-corrected chi connectivity index (χ2v) is 6.79. The Labute approximate surface area is 147 Å². The highest BCUT2D eigenvalue weighted by molar-refractivity contribution is 7.85. The van der Waals surface area contributed by atoms with E-state index in [1.165, 1.54) is 12.1 Å². The number of hydrogen-bond acceptors (Lipinski definition) is 5. The molecule has 7 heteroatoms. The van der Waals surface area contributed by atoms with E-state index in [0.29, 0.717) is 11.5 Å². The molecule has 2 aromatic rings. The monoisotopic (exact) mass is 364 g/mol. The summed E-state index contributed by atoms with van der Waals surface area (Å²) in [5.74, 6) is 1.40. The first-order valence-corrected chi connectivity index (χ1v) is 8.96. The number of benzene rings is 2. The lowest BCUT2D eigenvalue weighted by molar-refractivity contribution is 0.144. The van der Waals surface area contributed by atoms with Gasteiger partial charge in [-0.2, -0.15) is 8.42 Å². The number of fused-ring (bicyclic) bond motifs is 1. The average Bonchev–Trinajstić information content (AvgIpc) is 2.60. The number of rotatable bonds is 3. The molecule has 0 spiro atoms. The summed E-state index contributed by atoms with van der Waals surface area (Å²) in [6.07, 6.45) is 3.50. The minimum Gasteiger partial charge on any atom is -0.493 e. The molecule has 0 amide bonds. The third kappa shape index (κ3) is 5.06. The van der Waals surface area contributed by atoms with Crippen LogP contribution in [0.3, 0.4) is 0 Å². The van der Waals surface area contributed by atoms with Crippen molar-refractivity contribution in [2.24, 2.45) is 0 Å². The fourth-order valence-electron chi connectivity index (χ4n) is 2.16. The molecule has 0 fully saturated rings. The van der Waals surface area contributed by atoms with E-state index in [2.05, 4.69) is 0 Å². The number of para-hydroxylation sites is 1. The van der Waals surface area contributed by atoms with Gasteiger partial charge in [0, 0.05) is 5.56 Å². The first-order valence-electron chi connectivity index (χ1n) is 7.52. The van der Waals surface area contributed by atoms with Crippen molar-refractivity contribution in [3.63, 3.8) is 0 Å². The molecule has 1 atom stereocenters. The molecule has 1 aliphatic rings. The summed E-state index contributed by atoms with van der Waals surface area (Å²) in [7, 11) is -2.42. The quantitative estimate of drug-likeness (QED) is 0.814. The van der Waals surface area contributed by atoms with Crippen LogP contribution in [-0.4, -0.2) is 37.9 Å². The topological polar surface area (TPSA) is 93.1 Å². The van der Waals surface area contributed by atoms with Gasteiger partial charge in [-0.15, -0.1) is 0 Å². The van der Waals surface area contributed by atoms with E-state index in [1.54, 1.807) is 19.2 Å². The minimum absolute atomic E-state index is 0.0199. The highest BCUT2D eigenvalue weighted by Crippen LogP contribution is 2.35. The number of hydrogen-bond donors (Lipinski definition) is 2. The Bertz CT molecular complexity index is 840. The molecule has 0 aromatic heterocycles. The van der Waals surface area contributed by atoms with E-state index in [-0.39, 0.29) is 17.6 Å². The maximum Gasteiger partial charge on any atom is 0.294 e. The number of aryl methyl sites for hydroxylation is 1. The molecule has 1 aliphatic heterocycles. The van der Waals surface area contributed by atoms with Crippen LogP contribution in [0.15, 0.2) is 53.4 Å². The van der Waals surface area contributed by atoms with Crippen LogP contribution >= 0.6 is 0 Å². The lowest BCUT2D eigenvalue weighted by Crippen LogP contribution is -2.21. The summed E-state index contributed by atoms with van der Waals surface area (Å²) in [5, 5.41) is 8.96. The molecule has 6 nitrogen and oxygen atoms in total. The van der Waals surface area contributed by atoms with Crippen molar-refractivity contribution in [2.75, 3.05) is 13.7 Å². The standard InChI is InChI=1S/C11H12O3.C7H8O3S/c1-13-10-4-2-3-8-5-6-9(7-12)14-11(8)10;1-6-2-4-7(5-3-6)11(8,9)10/h2-6,9,12H,7H2,1H3;2-5H,1H3,(H,8,9,10). The van der Waals surface area contributed by atoms with Crippen molar-refractivity contribution in [1.82, 2.24) is 0 Å². The van der Waals surface area contributed by atoms with Crippen LogP contribution in [0.1, 0.15) is 11.1 Å². The van der Waals surface area contributed by atoms with Gasteiger partial charge in [-0.1, -0.05) is 35.9 Å². The van der Waals surface area contributed by atoms with E-state index in [0.717, 1.165) is 11.1 Å². The van der Waals surface area contributed by atoms with Gasteiger partial charge in [0.05, 0.1) is 18.6 Å². The summed E-state index contributed by atoms with van der Waals surface area (Å²) in [4.78, 5) is -0.0666. The number of methoxy groups -OCH3 is 1. The van der Waals surface area contributed by atoms with Gasteiger partial charge in [-0.05, 0) is 31.2 Å². The lowest BCUT2D eigenvalue weighted by Gasteiger charge is -2.21. The molecular weight excluding hydrogens is 344 g/mol. The molecule has 134 valence electrons. The van der Waals surface area contributed by atoms with Gasteiger partial charge in [0.2, 0.25) is 0 Å². The van der Waals surface area contributed by atoms with Gasteiger partial charge >= 0.3 is 0 Å². The zero-order chi connectivity index (χ0) is 18.4. The zero-order valence-corrected chi connectivity index (χ0v) is 14.7. The fraction of sp³-hybridized carbons (Fsp3) is 0.222. The smallest absolute Gasteiger partial charge is 0.294 e. The summed E-state index contributed by atoms with van der Waals surface area (Å²) in [6, 6.07) is 11.7. The van der Waals surface area contributed by atoms with Gasteiger partial charge in [-0.25, -0.2) is 0 Å². The molecule has 0 bridgehead atoms. The van der Waals surface area contributed by atoms with E-state index < -0.39 is 10.1 Å². The highest BCUT2D eigenvalue weighted by Gasteiger charge is 2.17. The summed E-state index contributed by atoms with van der Waals surface area (Å²) in [6.45, 7) is 1.82. The van der Waals surface area contributed by atoms with Crippen molar-refractivity contribution in [3.8, 4) is 11.5 Å². The Morgan fingerprint density at radius 1 is 1.16 bits per heavy atom. The molecule has 0 aliphatic carbocycles. The fourth-order valence-corrected chi connectivity index (χ4v) is 2.64. The Balaban J connectivity index is 0.000000186. The maximum atomic E-state index is 10.5. The van der Waals surface area contributed by atoms with E-state index >= 15 is 0 Å². The first-order chi connectivity index (χ1) is 11.8. The summed E-state index contributed by atoms with van der Waals surface area (Å²) >= 11 is 0. The third-order valence-corrected chi connectivity index (χ3v) is 4.36. The van der Waals surface area contributed by atoms with Crippen LogP contribution < -0.4 is 9.47 Å². The second kappa shape index (κ2) is 8.15. The van der Waals surface area contributed by atoms with Crippen LogP contribution in [-0.2, 0) is 10.1 Å². The molecule has 0 saturated carbocycles. The molecule has 3 rings (SSSR count). The van der Waals surface area contributed by atoms with Gasteiger partial charge in [0.15, 0.2) is 11.5 Å². The third-order valence-electron chi connectivity index (χ3n) is 3.49. The number of aliphatic hydroxyl groups excluding tert-OH is 1. The van der Waals surface area contributed by atoms with Gasteiger partial charge < -0.3 is 14.6 Å². The van der Waals surface area contributed by atoms with Crippen LogP contribution in [0.5, 0.6) is 11.5 Å². The Kier molecular flexibility index (Phi) is 6.19. The van der Waals surface area contributed by atoms with E-state index in [1.807, 2.05) is 37.3 Å². The van der Waals surface area contributed by atoms with Crippen molar-refractivity contribution in [2.45, 2.75) is 17.9 Å². The molecule has 1 unspecified atom stereocenters. The highest BCUT2D eigenvalue weighted by atomic mass is 32.2.